The van der Waals surface area contributed by atoms with Gasteiger partial charge in [-0.15, -0.1) is 0 Å². The average molecular weight is 305 g/mol. The lowest BCUT2D eigenvalue weighted by Gasteiger charge is -2.22. The number of fused-ring (bicyclic) bond motifs is 1. The molecule has 1 saturated carbocycles. The van der Waals surface area contributed by atoms with Gasteiger partial charge in [0.1, 0.15) is 0 Å². The molecular weight excluding hydrogens is 278 g/mol. The van der Waals surface area contributed by atoms with Crippen molar-refractivity contribution < 1.29 is 0 Å². The number of aryl methyl sites for hydroxylation is 1. The van der Waals surface area contributed by atoms with Gasteiger partial charge in [-0.1, -0.05) is 62.4 Å². The molecule has 2 aromatic carbocycles. The van der Waals surface area contributed by atoms with Crippen LogP contribution in [0.5, 0.6) is 0 Å². The number of nitrogens with zero attached hydrogens (tertiary/aromatic N) is 1. The van der Waals surface area contributed by atoms with Gasteiger partial charge in [-0.3, -0.25) is 0 Å². The summed E-state index contributed by atoms with van der Waals surface area (Å²) in [4.78, 5) is 2.46. The molecular formula is C22H27N. The maximum atomic E-state index is 2.46. The fraction of sp³-hybridized carbons (Fsp3) is 0.455. The first-order valence-corrected chi connectivity index (χ1v) is 9.34. The molecule has 23 heavy (non-hydrogen) atoms. The number of anilines is 2. The minimum atomic E-state index is 0.980. The van der Waals surface area contributed by atoms with Crippen molar-refractivity contribution >= 4 is 11.4 Å². The molecule has 4 rings (SSSR count). The minimum absolute atomic E-state index is 0.980. The lowest BCUT2D eigenvalue weighted by molar-refractivity contribution is 0.339. The highest BCUT2D eigenvalue weighted by Gasteiger charge is 2.19. The molecule has 1 fully saturated rings. The topological polar surface area (TPSA) is 3.24 Å². The minimum Gasteiger partial charge on any atom is -0.341 e. The zero-order valence-corrected chi connectivity index (χ0v) is 14.0. The second-order valence-corrected chi connectivity index (χ2v) is 7.24. The van der Waals surface area contributed by atoms with E-state index >= 15 is 0 Å². The van der Waals surface area contributed by atoms with Gasteiger partial charge in [-0.25, -0.2) is 0 Å². The standard InChI is InChI=1S/C22H27N/c1-2-6-18(7-3-1)10-11-19-12-14-21(15-13-19)23-17-16-20-8-4-5-9-22(20)23/h4-5,8-9,12-15,18H,1-3,6-7,10-11,16-17H2. The van der Waals surface area contributed by atoms with Gasteiger partial charge in [0.2, 0.25) is 0 Å². The first-order valence-electron chi connectivity index (χ1n) is 9.34. The molecule has 1 aliphatic heterocycles. The normalized spacial score (nSPS) is 18.2. The second-order valence-electron chi connectivity index (χ2n) is 7.24. The smallest absolute Gasteiger partial charge is 0.0444 e. The van der Waals surface area contributed by atoms with E-state index in [1.165, 1.54) is 73.9 Å². The molecule has 0 unspecified atom stereocenters. The maximum Gasteiger partial charge on any atom is 0.0444 e. The van der Waals surface area contributed by atoms with Crippen LogP contribution < -0.4 is 4.90 Å². The third-order valence-electron chi connectivity index (χ3n) is 5.70. The van der Waals surface area contributed by atoms with Crippen LogP contribution in [-0.2, 0) is 12.8 Å². The van der Waals surface area contributed by atoms with E-state index < -0.39 is 0 Å². The number of hydrogen-bond donors (Lipinski definition) is 0. The summed E-state index contributed by atoms with van der Waals surface area (Å²) < 4.78 is 0. The third-order valence-corrected chi connectivity index (χ3v) is 5.70. The number of rotatable bonds is 4. The molecule has 0 atom stereocenters. The molecule has 0 radical (unpaired) electrons. The van der Waals surface area contributed by atoms with E-state index in [2.05, 4.69) is 53.4 Å². The zero-order valence-electron chi connectivity index (χ0n) is 14.0. The Hall–Kier alpha value is -1.76. The van der Waals surface area contributed by atoms with Crippen LogP contribution in [0.1, 0.15) is 49.7 Å². The van der Waals surface area contributed by atoms with Gasteiger partial charge in [-0.05, 0) is 54.5 Å². The van der Waals surface area contributed by atoms with E-state index in [9.17, 15) is 0 Å². The summed E-state index contributed by atoms with van der Waals surface area (Å²) in [5.41, 5.74) is 5.72. The van der Waals surface area contributed by atoms with Crippen LogP contribution in [-0.4, -0.2) is 6.54 Å². The predicted octanol–water partition coefficient (Wildman–Crippen LogP) is 5.89. The number of para-hydroxylation sites is 1. The van der Waals surface area contributed by atoms with Crippen LogP contribution in [0.15, 0.2) is 48.5 Å². The molecule has 120 valence electrons. The molecule has 0 bridgehead atoms. The van der Waals surface area contributed by atoms with E-state index in [4.69, 9.17) is 0 Å². The average Bonchev–Trinajstić information content (AvgIpc) is 3.05. The van der Waals surface area contributed by atoms with Crippen LogP contribution >= 0.6 is 0 Å². The van der Waals surface area contributed by atoms with Gasteiger partial charge in [0.15, 0.2) is 0 Å². The van der Waals surface area contributed by atoms with Gasteiger partial charge >= 0.3 is 0 Å². The van der Waals surface area contributed by atoms with Crippen LogP contribution in [0.25, 0.3) is 0 Å². The first kappa shape index (κ1) is 14.8. The van der Waals surface area contributed by atoms with Crippen molar-refractivity contribution in [2.45, 2.75) is 51.4 Å². The van der Waals surface area contributed by atoms with Crippen molar-refractivity contribution in [1.82, 2.24) is 0 Å². The van der Waals surface area contributed by atoms with Crippen LogP contribution in [0.2, 0.25) is 0 Å². The zero-order chi connectivity index (χ0) is 15.5. The van der Waals surface area contributed by atoms with Crippen molar-refractivity contribution in [3.05, 3.63) is 59.7 Å². The number of hydrogen-bond acceptors (Lipinski definition) is 1. The Balaban J connectivity index is 1.40. The van der Waals surface area contributed by atoms with E-state index in [1.807, 2.05) is 0 Å². The molecule has 0 N–H and O–H groups in total. The Labute approximate surface area is 140 Å². The Kier molecular flexibility index (Phi) is 4.37. The molecule has 1 nitrogen and oxygen atoms in total. The highest BCUT2D eigenvalue weighted by molar-refractivity contribution is 5.69. The summed E-state index contributed by atoms with van der Waals surface area (Å²) in [5.74, 6) is 0.980. The summed E-state index contributed by atoms with van der Waals surface area (Å²) in [6.07, 6.45) is 11.1. The quantitative estimate of drug-likeness (QED) is 0.680. The summed E-state index contributed by atoms with van der Waals surface area (Å²) in [7, 11) is 0. The monoisotopic (exact) mass is 305 g/mol. The fourth-order valence-corrected chi connectivity index (χ4v) is 4.30. The molecule has 2 aromatic rings. The Morgan fingerprint density at radius 3 is 2.48 bits per heavy atom. The summed E-state index contributed by atoms with van der Waals surface area (Å²) >= 11 is 0. The lowest BCUT2D eigenvalue weighted by atomic mass is 9.85. The molecule has 1 heterocycles. The summed E-state index contributed by atoms with van der Waals surface area (Å²) in [5, 5.41) is 0. The molecule has 1 aliphatic carbocycles. The van der Waals surface area contributed by atoms with Crippen molar-refractivity contribution in [3.63, 3.8) is 0 Å². The molecule has 0 amide bonds. The van der Waals surface area contributed by atoms with Gasteiger partial charge < -0.3 is 4.90 Å². The van der Waals surface area contributed by atoms with E-state index in [1.54, 1.807) is 0 Å². The highest BCUT2D eigenvalue weighted by Crippen LogP contribution is 2.34. The lowest BCUT2D eigenvalue weighted by Crippen LogP contribution is -2.13. The summed E-state index contributed by atoms with van der Waals surface area (Å²) in [6.45, 7) is 1.11. The molecule has 2 aliphatic rings. The maximum absolute atomic E-state index is 2.46. The Bertz CT molecular complexity index is 637. The SMILES string of the molecule is c1ccc2c(c1)CCN2c1ccc(CCC2CCCCC2)cc1. The summed E-state index contributed by atoms with van der Waals surface area (Å²) in [6, 6.07) is 18.1. The fourth-order valence-electron chi connectivity index (χ4n) is 4.30. The molecule has 0 spiro atoms. The van der Waals surface area contributed by atoms with E-state index in [-0.39, 0.29) is 0 Å². The molecule has 0 saturated heterocycles. The van der Waals surface area contributed by atoms with Crippen LogP contribution in [0, 0.1) is 5.92 Å². The predicted molar refractivity (Wildman–Crippen MR) is 98.5 cm³/mol. The number of benzene rings is 2. The Morgan fingerprint density at radius 2 is 1.65 bits per heavy atom. The third kappa shape index (κ3) is 3.29. The van der Waals surface area contributed by atoms with Gasteiger partial charge in [0.05, 0.1) is 0 Å². The van der Waals surface area contributed by atoms with E-state index in [0.29, 0.717) is 0 Å². The van der Waals surface area contributed by atoms with Crippen LogP contribution in [0.4, 0.5) is 11.4 Å². The highest BCUT2D eigenvalue weighted by atomic mass is 15.2. The first-order chi connectivity index (χ1) is 11.4. The van der Waals surface area contributed by atoms with Crippen molar-refractivity contribution in [2.24, 2.45) is 5.92 Å². The van der Waals surface area contributed by atoms with Crippen molar-refractivity contribution in [3.8, 4) is 0 Å². The van der Waals surface area contributed by atoms with Gasteiger partial charge in [-0.2, -0.15) is 0 Å². The van der Waals surface area contributed by atoms with Crippen LogP contribution in [0.3, 0.4) is 0 Å². The van der Waals surface area contributed by atoms with Crippen molar-refractivity contribution in [1.29, 1.82) is 0 Å². The molecule has 1 heteroatoms. The largest absolute Gasteiger partial charge is 0.341 e. The van der Waals surface area contributed by atoms with E-state index in [0.717, 1.165) is 12.5 Å². The second kappa shape index (κ2) is 6.78. The molecule has 0 aromatic heterocycles. The van der Waals surface area contributed by atoms with Gasteiger partial charge in [0, 0.05) is 17.9 Å². The van der Waals surface area contributed by atoms with Gasteiger partial charge in [0.25, 0.3) is 0 Å². The van der Waals surface area contributed by atoms with Crippen molar-refractivity contribution in [2.75, 3.05) is 11.4 Å². The Morgan fingerprint density at radius 1 is 0.870 bits per heavy atom.